The molecule has 1 saturated heterocycles. The lowest BCUT2D eigenvalue weighted by molar-refractivity contribution is -0.136. The minimum absolute atomic E-state index is 0.0246. The molecule has 0 saturated carbocycles. The van der Waals surface area contributed by atoms with Crippen molar-refractivity contribution < 1.29 is 18.0 Å². The number of carbonyl (C=O) groups is 1. The summed E-state index contributed by atoms with van der Waals surface area (Å²) < 4.78 is 41.3. The van der Waals surface area contributed by atoms with Crippen molar-refractivity contribution in [2.24, 2.45) is 0 Å². The van der Waals surface area contributed by atoms with Gasteiger partial charge in [0.25, 0.3) is 6.43 Å². The highest BCUT2D eigenvalue weighted by Crippen LogP contribution is 2.30. The molecule has 1 fully saturated rings. The van der Waals surface area contributed by atoms with Crippen molar-refractivity contribution in [2.75, 3.05) is 13.1 Å². The van der Waals surface area contributed by atoms with Gasteiger partial charge in [0.2, 0.25) is 5.91 Å². The van der Waals surface area contributed by atoms with E-state index in [1.807, 2.05) is 6.07 Å². The van der Waals surface area contributed by atoms with Crippen LogP contribution in [0.1, 0.15) is 23.6 Å². The molecular formula is C22H17F3N6O. The van der Waals surface area contributed by atoms with Gasteiger partial charge in [-0.25, -0.2) is 23.1 Å². The number of fused-ring (bicyclic) bond motifs is 1. The SMILES string of the molecule is O=C(Cn1ncc2ncc(-c3ccc(F)c(C(F)F)c3)cc21)N1CC(c2ccncn2)C1. The molecule has 0 N–H and O–H groups in total. The van der Waals surface area contributed by atoms with Gasteiger partial charge < -0.3 is 4.90 Å². The fourth-order valence-corrected chi connectivity index (χ4v) is 3.77. The lowest BCUT2D eigenvalue weighted by atomic mass is 9.96. The van der Waals surface area contributed by atoms with Gasteiger partial charge >= 0.3 is 0 Å². The molecule has 0 radical (unpaired) electrons. The summed E-state index contributed by atoms with van der Waals surface area (Å²) >= 11 is 0. The summed E-state index contributed by atoms with van der Waals surface area (Å²) in [6.45, 7) is 1.17. The number of alkyl halides is 2. The lowest BCUT2D eigenvalue weighted by Crippen LogP contribution is -2.49. The summed E-state index contributed by atoms with van der Waals surface area (Å²) in [6, 6.07) is 7.10. The first-order valence-corrected chi connectivity index (χ1v) is 9.93. The number of hydrogen-bond donors (Lipinski definition) is 0. The van der Waals surface area contributed by atoms with Crippen molar-refractivity contribution in [1.29, 1.82) is 0 Å². The second kappa shape index (κ2) is 8.03. The van der Waals surface area contributed by atoms with Crippen LogP contribution in [0.25, 0.3) is 22.2 Å². The highest BCUT2D eigenvalue weighted by Gasteiger charge is 2.32. The number of carbonyl (C=O) groups excluding carboxylic acids is 1. The molecule has 0 aliphatic carbocycles. The smallest absolute Gasteiger partial charge is 0.266 e. The van der Waals surface area contributed by atoms with Gasteiger partial charge in [-0.2, -0.15) is 5.10 Å². The molecule has 0 unspecified atom stereocenters. The van der Waals surface area contributed by atoms with Crippen molar-refractivity contribution >= 4 is 16.9 Å². The standard InChI is InChI=1S/C22H17F3N6O/c23-17-2-1-13(5-16(17)22(24)25)14-6-20-19(27-7-14)8-29-31(20)11-21(32)30-9-15(10-30)18-3-4-26-12-28-18/h1-8,12,15,22H,9-11H2. The monoisotopic (exact) mass is 438 g/mol. The summed E-state index contributed by atoms with van der Waals surface area (Å²) in [5.41, 5.74) is 2.34. The highest BCUT2D eigenvalue weighted by molar-refractivity contribution is 5.83. The van der Waals surface area contributed by atoms with Crippen molar-refractivity contribution in [1.82, 2.24) is 29.6 Å². The van der Waals surface area contributed by atoms with E-state index in [1.54, 1.807) is 23.4 Å². The number of pyridine rings is 1. The van der Waals surface area contributed by atoms with E-state index in [0.717, 1.165) is 17.8 Å². The fraction of sp³-hybridized carbons (Fsp3) is 0.227. The Labute approximate surface area is 180 Å². The van der Waals surface area contributed by atoms with Gasteiger partial charge in [0.1, 0.15) is 24.2 Å². The van der Waals surface area contributed by atoms with E-state index < -0.39 is 17.8 Å². The number of halogens is 3. The van der Waals surface area contributed by atoms with Crippen LogP contribution in [0.4, 0.5) is 13.2 Å². The van der Waals surface area contributed by atoms with Gasteiger partial charge in [0, 0.05) is 37.0 Å². The van der Waals surface area contributed by atoms with Crippen LogP contribution in [0, 0.1) is 5.82 Å². The Kier molecular flexibility index (Phi) is 5.04. The number of benzene rings is 1. The molecule has 1 aliphatic rings. The van der Waals surface area contributed by atoms with Crippen molar-refractivity contribution in [3.8, 4) is 11.1 Å². The maximum Gasteiger partial charge on any atom is 0.266 e. The van der Waals surface area contributed by atoms with Crippen molar-refractivity contribution in [3.05, 3.63) is 72.3 Å². The van der Waals surface area contributed by atoms with Crippen LogP contribution < -0.4 is 0 Å². The zero-order chi connectivity index (χ0) is 22.2. The average molecular weight is 438 g/mol. The van der Waals surface area contributed by atoms with E-state index >= 15 is 0 Å². The van der Waals surface area contributed by atoms with Crippen LogP contribution in [0.5, 0.6) is 0 Å². The third-order valence-electron chi connectivity index (χ3n) is 5.60. The average Bonchev–Trinajstić information content (AvgIpc) is 3.15. The Morgan fingerprint density at radius 3 is 2.69 bits per heavy atom. The molecule has 4 aromatic rings. The van der Waals surface area contributed by atoms with Crippen LogP contribution >= 0.6 is 0 Å². The Morgan fingerprint density at radius 2 is 1.94 bits per heavy atom. The third kappa shape index (κ3) is 3.68. The van der Waals surface area contributed by atoms with E-state index in [9.17, 15) is 18.0 Å². The van der Waals surface area contributed by atoms with Crippen LogP contribution in [0.15, 0.2) is 55.2 Å². The third-order valence-corrected chi connectivity index (χ3v) is 5.60. The predicted molar refractivity (Wildman–Crippen MR) is 109 cm³/mol. The van der Waals surface area contributed by atoms with E-state index in [1.165, 1.54) is 23.3 Å². The van der Waals surface area contributed by atoms with Gasteiger partial charge in [-0.15, -0.1) is 0 Å². The largest absolute Gasteiger partial charge is 0.340 e. The molecule has 0 atom stereocenters. The van der Waals surface area contributed by atoms with Crippen LogP contribution in [0.3, 0.4) is 0 Å². The maximum absolute atomic E-state index is 13.6. The first-order chi connectivity index (χ1) is 15.5. The van der Waals surface area contributed by atoms with E-state index in [-0.39, 0.29) is 18.4 Å². The molecule has 4 heterocycles. The quantitative estimate of drug-likeness (QED) is 0.476. The molecule has 7 nitrogen and oxygen atoms in total. The van der Waals surface area contributed by atoms with Gasteiger partial charge in [-0.05, 0) is 29.8 Å². The topological polar surface area (TPSA) is 76.8 Å². The van der Waals surface area contributed by atoms with Gasteiger partial charge in [-0.3, -0.25) is 14.5 Å². The molecule has 1 aliphatic heterocycles. The van der Waals surface area contributed by atoms with Gasteiger partial charge in [0.15, 0.2) is 0 Å². The number of amides is 1. The zero-order valence-electron chi connectivity index (χ0n) is 16.7. The normalized spacial score (nSPS) is 14.2. The highest BCUT2D eigenvalue weighted by atomic mass is 19.3. The Morgan fingerprint density at radius 1 is 1.09 bits per heavy atom. The first kappa shape index (κ1) is 20.1. The van der Waals surface area contributed by atoms with E-state index in [2.05, 4.69) is 20.1 Å². The lowest BCUT2D eigenvalue weighted by Gasteiger charge is -2.38. The van der Waals surface area contributed by atoms with Crippen molar-refractivity contribution in [2.45, 2.75) is 18.9 Å². The second-order valence-electron chi connectivity index (χ2n) is 7.60. The Balaban J connectivity index is 1.35. The minimum atomic E-state index is -2.92. The minimum Gasteiger partial charge on any atom is -0.340 e. The molecule has 1 aromatic carbocycles. The number of rotatable bonds is 5. The predicted octanol–water partition coefficient (Wildman–Crippen LogP) is 3.59. The Hall–Kier alpha value is -3.82. The number of aromatic nitrogens is 5. The molecule has 0 bridgehead atoms. The summed E-state index contributed by atoms with van der Waals surface area (Å²) in [5, 5.41) is 4.25. The van der Waals surface area contributed by atoms with Gasteiger partial charge in [0.05, 0.1) is 23.0 Å². The first-order valence-electron chi connectivity index (χ1n) is 9.93. The summed E-state index contributed by atoms with van der Waals surface area (Å²) in [5.74, 6) is -0.859. The van der Waals surface area contributed by atoms with Crippen LogP contribution in [0.2, 0.25) is 0 Å². The number of likely N-dealkylation sites (tertiary alicyclic amines) is 1. The number of hydrogen-bond acceptors (Lipinski definition) is 5. The van der Waals surface area contributed by atoms with Gasteiger partial charge in [-0.1, -0.05) is 6.07 Å². The number of nitrogens with zero attached hydrogens (tertiary/aromatic N) is 6. The van der Waals surface area contributed by atoms with Crippen LogP contribution in [-0.2, 0) is 11.3 Å². The summed E-state index contributed by atoms with van der Waals surface area (Å²) in [7, 11) is 0. The zero-order valence-corrected chi connectivity index (χ0v) is 16.7. The van der Waals surface area contributed by atoms with Crippen LogP contribution in [-0.4, -0.2) is 48.6 Å². The summed E-state index contributed by atoms with van der Waals surface area (Å²) in [6.07, 6.45) is 3.31. The second-order valence-corrected chi connectivity index (χ2v) is 7.60. The Bertz CT molecular complexity index is 1290. The molecule has 5 rings (SSSR count). The molecule has 32 heavy (non-hydrogen) atoms. The molecule has 162 valence electrons. The van der Waals surface area contributed by atoms with Crippen molar-refractivity contribution in [3.63, 3.8) is 0 Å². The molecule has 3 aromatic heterocycles. The molecule has 1 amide bonds. The maximum atomic E-state index is 13.6. The molecule has 0 spiro atoms. The molecular weight excluding hydrogens is 421 g/mol. The molecule has 10 heteroatoms. The summed E-state index contributed by atoms with van der Waals surface area (Å²) in [4.78, 5) is 26.9. The fourth-order valence-electron chi connectivity index (χ4n) is 3.77. The van der Waals surface area contributed by atoms with E-state index in [4.69, 9.17) is 0 Å². The van der Waals surface area contributed by atoms with E-state index in [0.29, 0.717) is 35.2 Å².